The average molecular weight is 232 g/mol. The molecular formula is C14H17FN2. The fourth-order valence-corrected chi connectivity index (χ4v) is 2.20. The van der Waals surface area contributed by atoms with Crippen LogP contribution in [0.5, 0.6) is 0 Å². The maximum atomic E-state index is 15.1. The van der Waals surface area contributed by atoms with E-state index in [0.29, 0.717) is 12.4 Å². The smallest absolute Gasteiger partial charge is 0.191 e. The molecule has 0 saturated carbocycles. The number of benzene rings is 1. The van der Waals surface area contributed by atoms with Crippen LogP contribution in [0.3, 0.4) is 0 Å². The van der Waals surface area contributed by atoms with Gasteiger partial charge in [0.15, 0.2) is 5.67 Å². The van der Waals surface area contributed by atoms with Crippen LogP contribution in [0.1, 0.15) is 26.3 Å². The summed E-state index contributed by atoms with van der Waals surface area (Å²) in [4.78, 5) is 8.10. The predicted octanol–water partition coefficient (Wildman–Crippen LogP) is 3.18. The van der Waals surface area contributed by atoms with Crippen molar-refractivity contribution < 1.29 is 4.39 Å². The molecule has 1 aliphatic heterocycles. The molecular weight excluding hydrogens is 215 g/mol. The molecule has 1 atom stereocenters. The van der Waals surface area contributed by atoms with Crippen LogP contribution in [0.15, 0.2) is 40.3 Å². The van der Waals surface area contributed by atoms with Crippen molar-refractivity contribution >= 4 is 11.9 Å². The minimum Gasteiger partial charge on any atom is -0.270 e. The second-order valence-corrected chi connectivity index (χ2v) is 4.90. The van der Waals surface area contributed by atoms with E-state index >= 15 is 4.39 Å². The molecule has 90 valence electrons. The Labute approximate surface area is 101 Å². The van der Waals surface area contributed by atoms with Crippen LogP contribution in [0.25, 0.3) is 0 Å². The standard InChI is InChI=1S/C14H17FN2/c1-11-14(15,9-16-10-17-11)13(2,3)12-7-5-4-6-8-12/h4-9H,10H2,1-3H3. The van der Waals surface area contributed by atoms with Crippen LogP contribution in [-0.4, -0.2) is 24.3 Å². The van der Waals surface area contributed by atoms with Gasteiger partial charge in [-0.05, 0) is 12.5 Å². The zero-order valence-corrected chi connectivity index (χ0v) is 10.4. The zero-order valence-electron chi connectivity index (χ0n) is 10.4. The second-order valence-electron chi connectivity index (χ2n) is 4.90. The van der Waals surface area contributed by atoms with E-state index in [9.17, 15) is 0 Å². The van der Waals surface area contributed by atoms with E-state index in [4.69, 9.17) is 0 Å². The molecule has 3 heteroatoms. The lowest BCUT2D eigenvalue weighted by atomic mass is 9.69. The molecule has 1 unspecified atom stereocenters. The van der Waals surface area contributed by atoms with Gasteiger partial charge in [-0.2, -0.15) is 0 Å². The van der Waals surface area contributed by atoms with Gasteiger partial charge in [-0.1, -0.05) is 44.2 Å². The number of nitrogens with zero attached hydrogens (tertiary/aromatic N) is 2. The summed E-state index contributed by atoms with van der Waals surface area (Å²) in [5, 5.41) is 0. The summed E-state index contributed by atoms with van der Waals surface area (Å²) in [6.45, 7) is 5.84. The predicted molar refractivity (Wildman–Crippen MR) is 69.8 cm³/mol. The molecule has 1 aromatic rings. The molecule has 17 heavy (non-hydrogen) atoms. The van der Waals surface area contributed by atoms with Crippen LogP contribution in [0.4, 0.5) is 4.39 Å². The van der Waals surface area contributed by atoms with E-state index < -0.39 is 11.1 Å². The highest BCUT2D eigenvalue weighted by molar-refractivity contribution is 6.07. The van der Waals surface area contributed by atoms with Gasteiger partial charge >= 0.3 is 0 Å². The molecule has 1 aromatic carbocycles. The van der Waals surface area contributed by atoms with Crippen LogP contribution in [0, 0.1) is 0 Å². The highest BCUT2D eigenvalue weighted by Gasteiger charge is 2.48. The first kappa shape index (κ1) is 12.0. The molecule has 0 N–H and O–H groups in total. The van der Waals surface area contributed by atoms with E-state index in [2.05, 4.69) is 9.98 Å². The quantitative estimate of drug-likeness (QED) is 0.748. The van der Waals surface area contributed by atoms with Gasteiger partial charge in [0, 0.05) is 11.6 Å². The molecule has 2 nitrogen and oxygen atoms in total. The molecule has 2 rings (SSSR count). The highest BCUT2D eigenvalue weighted by Crippen LogP contribution is 2.38. The summed E-state index contributed by atoms with van der Waals surface area (Å²) in [5.74, 6) is 0. The zero-order chi connectivity index (χ0) is 12.5. The third-order valence-electron chi connectivity index (χ3n) is 3.59. The summed E-state index contributed by atoms with van der Waals surface area (Å²) in [5.41, 5.74) is -0.829. The molecule has 0 aromatic heterocycles. The number of alkyl halides is 1. The monoisotopic (exact) mass is 232 g/mol. The van der Waals surface area contributed by atoms with E-state index in [1.54, 1.807) is 6.92 Å². The van der Waals surface area contributed by atoms with Crippen molar-refractivity contribution in [1.29, 1.82) is 0 Å². The molecule has 0 bridgehead atoms. The molecule has 0 fully saturated rings. The number of hydrogen-bond donors (Lipinski definition) is 0. The van der Waals surface area contributed by atoms with E-state index in [-0.39, 0.29) is 0 Å². The van der Waals surface area contributed by atoms with Gasteiger partial charge in [-0.15, -0.1) is 0 Å². The van der Waals surface area contributed by atoms with E-state index in [0.717, 1.165) is 5.56 Å². The largest absolute Gasteiger partial charge is 0.270 e. The Morgan fingerprint density at radius 2 is 1.88 bits per heavy atom. The van der Waals surface area contributed by atoms with Crippen molar-refractivity contribution in [3.63, 3.8) is 0 Å². The molecule has 1 heterocycles. The topological polar surface area (TPSA) is 24.7 Å². The molecule has 0 spiro atoms. The van der Waals surface area contributed by atoms with Crippen molar-refractivity contribution in [1.82, 2.24) is 0 Å². The summed E-state index contributed by atoms with van der Waals surface area (Å²) in [6.07, 6.45) is 1.41. The van der Waals surface area contributed by atoms with Gasteiger partial charge in [0.25, 0.3) is 0 Å². The molecule has 0 saturated heterocycles. The Morgan fingerprint density at radius 1 is 1.24 bits per heavy atom. The van der Waals surface area contributed by atoms with Gasteiger partial charge in [0.2, 0.25) is 0 Å². The van der Waals surface area contributed by atoms with Gasteiger partial charge in [0.05, 0.1) is 5.71 Å². The van der Waals surface area contributed by atoms with Crippen LogP contribution >= 0.6 is 0 Å². The molecule has 0 radical (unpaired) electrons. The minimum atomic E-state index is -1.60. The number of hydrogen-bond acceptors (Lipinski definition) is 2. The van der Waals surface area contributed by atoms with Crippen molar-refractivity contribution in [3.05, 3.63) is 35.9 Å². The van der Waals surface area contributed by atoms with Crippen molar-refractivity contribution in [2.45, 2.75) is 31.9 Å². The molecule has 0 amide bonds. The van der Waals surface area contributed by atoms with Crippen molar-refractivity contribution in [2.75, 3.05) is 6.67 Å². The fraction of sp³-hybridized carbons (Fsp3) is 0.429. The van der Waals surface area contributed by atoms with Gasteiger partial charge in [-0.3, -0.25) is 9.98 Å². The SMILES string of the molecule is CC1=NCN=CC1(F)C(C)(C)c1ccccc1. The van der Waals surface area contributed by atoms with Gasteiger partial charge in [0.1, 0.15) is 6.67 Å². The van der Waals surface area contributed by atoms with Crippen molar-refractivity contribution in [2.24, 2.45) is 9.98 Å². The molecule has 1 aliphatic rings. The fourth-order valence-electron chi connectivity index (χ4n) is 2.20. The first-order valence-corrected chi connectivity index (χ1v) is 5.75. The van der Waals surface area contributed by atoms with E-state index in [1.165, 1.54) is 6.21 Å². The maximum Gasteiger partial charge on any atom is 0.191 e. The van der Waals surface area contributed by atoms with Gasteiger partial charge in [-0.25, -0.2) is 4.39 Å². The number of rotatable bonds is 2. The summed E-state index contributed by atoms with van der Waals surface area (Å²) >= 11 is 0. The summed E-state index contributed by atoms with van der Waals surface area (Å²) in [6, 6.07) is 9.66. The third kappa shape index (κ3) is 1.79. The first-order valence-electron chi connectivity index (χ1n) is 5.75. The van der Waals surface area contributed by atoms with Gasteiger partial charge < -0.3 is 0 Å². The Bertz CT molecular complexity index is 462. The van der Waals surface area contributed by atoms with Crippen molar-refractivity contribution in [3.8, 4) is 0 Å². The lowest BCUT2D eigenvalue weighted by molar-refractivity contribution is 0.227. The Balaban J connectivity index is 2.48. The number of halogens is 1. The second kappa shape index (κ2) is 4.06. The van der Waals surface area contributed by atoms with E-state index in [1.807, 2.05) is 44.2 Å². The van der Waals surface area contributed by atoms with Crippen LogP contribution in [0.2, 0.25) is 0 Å². The third-order valence-corrected chi connectivity index (χ3v) is 3.59. The summed E-state index contributed by atoms with van der Waals surface area (Å²) < 4.78 is 15.1. The minimum absolute atomic E-state index is 0.336. The summed E-state index contributed by atoms with van der Waals surface area (Å²) in [7, 11) is 0. The van der Waals surface area contributed by atoms with Crippen LogP contribution in [-0.2, 0) is 5.41 Å². The highest BCUT2D eigenvalue weighted by atomic mass is 19.1. The Morgan fingerprint density at radius 3 is 2.47 bits per heavy atom. The normalized spacial score (nSPS) is 24.6. The lowest BCUT2D eigenvalue weighted by Crippen LogP contribution is -2.52. The Kier molecular flexibility index (Phi) is 2.86. The van der Waals surface area contributed by atoms with Crippen LogP contribution < -0.4 is 0 Å². The Hall–Kier alpha value is -1.51. The molecule has 0 aliphatic carbocycles. The average Bonchev–Trinajstić information content (AvgIpc) is 2.34. The first-order chi connectivity index (χ1) is 7.98. The number of aliphatic imine (C=N–C) groups is 2. The maximum absolute atomic E-state index is 15.1. The lowest BCUT2D eigenvalue weighted by Gasteiger charge is -2.39.